The van der Waals surface area contributed by atoms with Gasteiger partial charge in [-0.2, -0.15) is 0 Å². The molecule has 1 nitrogen and oxygen atoms in total. The SMILES string of the molecule is Clc1ccc2c(c1)CNC(Cc1ccccc1)C2. The van der Waals surface area contributed by atoms with Crippen molar-refractivity contribution >= 4 is 11.6 Å². The molecule has 18 heavy (non-hydrogen) atoms. The van der Waals surface area contributed by atoms with Gasteiger partial charge in [0.25, 0.3) is 0 Å². The number of nitrogens with one attached hydrogen (secondary N) is 1. The van der Waals surface area contributed by atoms with Crippen LogP contribution in [0.15, 0.2) is 48.5 Å². The Morgan fingerprint density at radius 1 is 1.06 bits per heavy atom. The van der Waals surface area contributed by atoms with E-state index in [1.165, 1.54) is 16.7 Å². The van der Waals surface area contributed by atoms with Crippen molar-refractivity contribution in [2.45, 2.75) is 25.4 Å². The average molecular weight is 258 g/mol. The van der Waals surface area contributed by atoms with E-state index >= 15 is 0 Å². The van der Waals surface area contributed by atoms with Gasteiger partial charge in [0, 0.05) is 17.6 Å². The Balaban J connectivity index is 1.73. The smallest absolute Gasteiger partial charge is 0.0409 e. The van der Waals surface area contributed by atoms with Gasteiger partial charge in [-0.05, 0) is 41.7 Å². The molecule has 0 spiro atoms. The zero-order valence-electron chi connectivity index (χ0n) is 10.2. The van der Waals surface area contributed by atoms with Gasteiger partial charge in [-0.3, -0.25) is 0 Å². The van der Waals surface area contributed by atoms with Crippen molar-refractivity contribution in [2.75, 3.05) is 0 Å². The highest BCUT2D eigenvalue weighted by molar-refractivity contribution is 6.30. The molecule has 2 aromatic carbocycles. The molecule has 0 saturated carbocycles. The minimum Gasteiger partial charge on any atom is -0.309 e. The topological polar surface area (TPSA) is 12.0 Å². The second kappa shape index (κ2) is 5.13. The third-order valence-corrected chi connectivity index (χ3v) is 3.78. The Labute approximate surface area is 113 Å². The van der Waals surface area contributed by atoms with Crippen LogP contribution < -0.4 is 5.32 Å². The second-order valence-corrected chi connectivity index (χ2v) is 5.32. The lowest BCUT2D eigenvalue weighted by Gasteiger charge is -2.26. The molecule has 0 bridgehead atoms. The average Bonchev–Trinajstić information content (AvgIpc) is 2.40. The molecule has 1 N–H and O–H groups in total. The van der Waals surface area contributed by atoms with E-state index in [9.17, 15) is 0 Å². The number of halogens is 1. The fraction of sp³-hybridized carbons (Fsp3) is 0.250. The highest BCUT2D eigenvalue weighted by Crippen LogP contribution is 2.22. The van der Waals surface area contributed by atoms with Crippen molar-refractivity contribution in [1.29, 1.82) is 0 Å². The highest BCUT2D eigenvalue weighted by Gasteiger charge is 2.18. The zero-order chi connectivity index (χ0) is 12.4. The molecule has 1 aliphatic rings. The Kier molecular flexibility index (Phi) is 3.35. The third kappa shape index (κ3) is 2.58. The molecule has 0 fully saturated rings. The molecule has 0 aliphatic carbocycles. The molecule has 1 unspecified atom stereocenters. The Morgan fingerprint density at radius 2 is 1.89 bits per heavy atom. The van der Waals surface area contributed by atoms with E-state index in [4.69, 9.17) is 11.6 Å². The summed E-state index contributed by atoms with van der Waals surface area (Å²) in [6.07, 6.45) is 2.17. The monoisotopic (exact) mass is 257 g/mol. The summed E-state index contributed by atoms with van der Waals surface area (Å²) in [4.78, 5) is 0. The fourth-order valence-corrected chi connectivity index (χ4v) is 2.79. The first kappa shape index (κ1) is 11.8. The van der Waals surface area contributed by atoms with Gasteiger partial charge in [-0.25, -0.2) is 0 Å². The fourth-order valence-electron chi connectivity index (χ4n) is 2.59. The summed E-state index contributed by atoms with van der Waals surface area (Å²) in [5.41, 5.74) is 4.17. The van der Waals surface area contributed by atoms with E-state index in [1.807, 2.05) is 6.07 Å². The van der Waals surface area contributed by atoms with Crippen molar-refractivity contribution in [3.05, 3.63) is 70.2 Å². The summed E-state index contributed by atoms with van der Waals surface area (Å²) in [7, 11) is 0. The first-order valence-electron chi connectivity index (χ1n) is 6.36. The summed E-state index contributed by atoms with van der Waals surface area (Å²) in [5.74, 6) is 0. The largest absolute Gasteiger partial charge is 0.309 e. The lowest BCUT2D eigenvalue weighted by molar-refractivity contribution is 0.477. The van der Waals surface area contributed by atoms with Crippen LogP contribution in [0.25, 0.3) is 0 Å². The van der Waals surface area contributed by atoms with E-state index < -0.39 is 0 Å². The Hall–Kier alpha value is -1.31. The predicted molar refractivity (Wildman–Crippen MR) is 75.9 cm³/mol. The molecule has 0 saturated heterocycles. The minimum absolute atomic E-state index is 0.529. The third-order valence-electron chi connectivity index (χ3n) is 3.54. The molecule has 0 aromatic heterocycles. The summed E-state index contributed by atoms with van der Waals surface area (Å²) in [6, 6.07) is 17.4. The first-order chi connectivity index (χ1) is 8.81. The summed E-state index contributed by atoms with van der Waals surface area (Å²) < 4.78 is 0. The van der Waals surface area contributed by atoms with Crippen LogP contribution in [0.3, 0.4) is 0 Å². The summed E-state index contributed by atoms with van der Waals surface area (Å²) in [5, 5.41) is 4.42. The van der Waals surface area contributed by atoms with E-state index in [2.05, 4.69) is 47.8 Å². The van der Waals surface area contributed by atoms with Crippen LogP contribution in [0, 0.1) is 0 Å². The maximum absolute atomic E-state index is 6.02. The molecule has 92 valence electrons. The second-order valence-electron chi connectivity index (χ2n) is 4.88. The van der Waals surface area contributed by atoms with Gasteiger partial charge >= 0.3 is 0 Å². The Morgan fingerprint density at radius 3 is 2.72 bits per heavy atom. The van der Waals surface area contributed by atoms with Gasteiger partial charge in [-0.15, -0.1) is 0 Å². The number of benzene rings is 2. The molecule has 1 aliphatic heterocycles. The first-order valence-corrected chi connectivity index (χ1v) is 6.74. The van der Waals surface area contributed by atoms with E-state index in [1.54, 1.807) is 0 Å². The van der Waals surface area contributed by atoms with Gasteiger partial charge in [0.2, 0.25) is 0 Å². The standard InChI is InChI=1S/C16H16ClN/c17-15-7-6-13-10-16(18-11-14(13)9-15)8-12-4-2-1-3-5-12/h1-7,9,16,18H,8,10-11H2. The molecule has 0 amide bonds. The zero-order valence-corrected chi connectivity index (χ0v) is 11.0. The quantitative estimate of drug-likeness (QED) is 0.867. The van der Waals surface area contributed by atoms with Crippen LogP contribution in [0.1, 0.15) is 16.7 Å². The van der Waals surface area contributed by atoms with Gasteiger partial charge in [0.05, 0.1) is 0 Å². The maximum atomic E-state index is 6.02. The van der Waals surface area contributed by atoms with Crippen molar-refractivity contribution in [1.82, 2.24) is 5.32 Å². The van der Waals surface area contributed by atoms with Crippen molar-refractivity contribution in [2.24, 2.45) is 0 Å². The lowest BCUT2D eigenvalue weighted by Crippen LogP contribution is -2.37. The lowest BCUT2D eigenvalue weighted by atomic mass is 9.92. The van der Waals surface area contributed by atoms with Crippen LogP contribution in [-0.2, 0) is 19.4 Å². The molecular weight excluding hydrogens is 242 g/mol. The van der Waals surface area contributed by atoms with Crippen LogP contribution in [0.5, 0.6) is 0 Å². The molecule has 1 heterocycles. The van der Waals surface area contributed by atoms with E-state index in [0.717, 1.165) is 24.4 Å². The highest BCUT2D eigenvalue weighted by atomic mass is 35.5. The number of fused-ring (bicyclic) bond motifs is 1. The van der Waals surface area contributed by atoms with Crippen molar-refractivity contribution in [3.63, 3.8) is 0 Å². The normalized spacial score (nSPS) is 18.4. The molecule has 2 heteroatoms. The van der Waals surface area contributed by atoms with Crippen LogP contribution in [0.2, 0.25) is 5.02 Å². The molecule has 0 radical (unpaired) electrons. The van der Waals surface area contributed by atoms with Crippen LogP contribution in [0.4, 0.5) is 0 Å². The van der Waals surface area contributed by atoms with Gasteiger partial charge in [0.15, 0.2) is 0 Å². The van der Waals surface area contributed by atoms with Crippen LogP contribution >= 0.6 is 11.6 Å². The molecule has 3 rings (SSSR count). The summed E-state index contributed by atoms with van der Waals surface area (Å²) >= 11 is 6.02. The Bertz CT molecular complexity index is 536. The predicted octanol–water partition coefficient (Wildman–Crippen LogP) is 3.60. The maximum Gasteiger partial charge on any atom is 0.0409 e. The molecule has 1 atom stereocenters. The van der Waals surface area contributed by atoms with Gasteiger partial charge in [0.1, 0.15) is 0 Å². The number of rotatable bonds is 2. The molecular formula is C16H16ClN. The van der Waals surface area contributed by atoms with Crippen LogP contribution in [-0.4, -0.2) is 6.04 Å². The van der Waals surface area contributed by atoms with Gasteiger partial charge < -0.3 is 5.32 Å². The van der Waals surface area contributed by atoms with Crippen molar-refractivity contribution < 1.29 is 0 Å². The molecule has 2 aromatic rings. The van der Waals surface area contributed by atoms with E-state index in [-0.39, 0.29) is 0 Å². The number of hydrogen-bond acceptors (Lipinski definition) is 1. The van der Waals surface area contributed by atoms with E-state index in [0.29, 0.717) is 6.04 Å². The van der Waals surface area contributed by atoms with Gasteiger partial charge in [-0.1, -0.05) is 48.0 Å². The minimum atomic E-state index is 0.529. The van der Waals surface area contributed by atoms with Crippen molar-refractivity contribution in [3.8, 4) is 0 Å². The summed E-state index contributed by atoms with van der Waals surface area (Å²) in [6.45, 7) is 0.924. The number of hydrogen-bond donors (Lipinski definition) is 1.